The van der Waals surface area contributed by atoms with Gasteiger partial charge in [-0.25, -0.2) is 18.1 Å². The lowest BCUT2D eigenvalue weighted by Gasteiger charge is -2.19. The van der Waals surface area contributed by atoms with Gasteiger partial charge in [-0.15, -0.1) is 11.3 Å². The molecule has 2 heterocycles. The normalized spacial score (nSPS) is 18.8. The molecule has 1 aromatic heterocycles. The summed E-state index contributed by atoms with van der Waals surface area (Å²) in [5, 5.41) is 3.77. The van der Waals surface area contributed by atoms with Gasteiger partial charge in [-0.05, 0) is 26.2 Å². The first kappa shape index (κ1) is 18.3. The van der Waals surface area contributed by atoms with E-state index in [-0.39, 0.29) is 11.8 Å². The number of hydrogen-bond donors (Lipinski definition) is 2. The number of carbonyl (C=O) groups is 1. The zero-order valence-electron chi connectivity index (χ0n) is 13.4. The second kappa shape index (κ2) is 8.18. The van der Waals surface area contributed by atoms with Crippen LogP contribution in [-0.4, -0.2) is 51.9 Å². The predicted octanol–water partition coefficient (Wildman–Crippen LogP) is 1.01. The molecule has 0 radical (unpaired) electrons. The van der Waals surface area contributed by atoms with Gasteiger partial charge in [0.2, 0.25) is 10.0 Å². The summed E-state index contributed by atoms with van der Waals surface area (Å²) in [6, 6.07) is 0. The summed E-state index contributed by atoms with van der Waals surface area (Å²) in [6.45, 7) is 4.04. The van der Waals surface area contributed by atoms with Crippen LogP contribution in [0.3, 0.4) is 0 Å². The molecule has 0 saturated carbocycles. The van der Waals surface area contributed by atoms with Gasteiger partial charge in [-0.1, -0.05) is 0 Å². The first-order valence-corrected chi connectivity index (χ1v) is 10.4. The van der Waals surface area contributed by atoms with Crippen LogP contribution in [0, 0.1) is 6.92 Å². The summed E-state index contributed by atoms with van der Waals surface area (Å²) >= 11 is 1.43. The highest BCUT2D eigenvalue weighted by molar-refractivity contribution is 7.88. The molecule has 1 aliphatic heterocycles. The number of nitrogens with one attached hydrogen (secondary N) is 2. The highest BCUT2D eigenvalue weighted by Crippen LogP contribution is 2.30. The molecular formula is C14H23N3O4S2. The number of amides is 1. The van der Waals surface area contributed by atoms with Gasteiger partial charge in [-0.2, -0.15) is 0 Å². The molecule has 0 aromatic carbocycles. The Kier molecular flexibility index (Phi) is 6.51. The summed E-state index contributed by atoms with van der Waals surface area (Å²) in [7, 11) is -3.18. The number of hydrogen-bond acceptors (Lipinski definition) is 6. The van der Waals surface area contributed by atoms with Crippen LogP contribution < -0.4 is 10.0 Å². The van der Waals surface area contributed by atoms with E-state index in [1.807, 2.05) is 6.92 Å². The van der Waals surface area contributed by atoms with E-state index in [1.165, 1.54) is 11.3 Å². The van der Waals surface area contributed by atoms with Crippen molar-refractivity contribution in [3.63, 3.8) is 0 Å². The van der Waals surface area contributed by atoms with Crippen LogP contribution in [0.5, 0.6) is 0 Å². The van der Waals surface area contributed by atoms with Crippen LogP contribution in [0.4, 0.5) is 0 Å². The van der Waals surface area contributed by atoms with Gasteiger partial charge >= 0.3 is 0 Å². The average Bonchev–Trinajstić information content (AvgIpc) is 2.88. The monoisotopic (exact) mass is 361 g/mol. The van der Waals surface area contributed by atoms with E-state index in [4.69, 9.17) is 4.74 Å². The van der Waals surface area contributed by atoms with Gasteiger partial charge in [0.25, 0.3) is 5.91 Å². The zero-order chi connectivity index (χ0) is 16.9. The minimum Gasteiger partial charge on any atom is -0.381 e. The largest absolute Gasteiger partial charge is 0.381 e. The molecule has 1 amide bonds. The Labute approximate surface area is 140 Å². The van der Waals surface area contributed by atoms with Gasteiger partial charge in [0.15, 0.2) is 0 Å². The molecule has 1 atom stereocenters. The van der Waals surface area contributed by atoms with E-state index in [2.05, 4.69) is 15.0 Å². The zero-order valence-corrected chi connectivity index (χ0v) is 15.1. The van der Waals surface area contributed by atoms with Gasteiger partial charge in [0, 0.05) is 25.6 Å². The lowest BCUT2D eigenvalue weighted by Crippen LogP contribution is -2.29. The molecule has 2 rings (SSSR count). The third kappa shape index (κ3) is 5.83. The van der Waals surface area contributed by atoms with Crippen LogP contribution in [0.25, 0.3) is 0 Å². The second-order valence-electron chi connectivity index (χ2n) is 5.66. The standard InChI is InChI=1S/C14H23N3O4S2/c1-10-12(13(18)15-6-4-7-16-23(2,19)20)22-14(17-10)11-5-3-8-21-9-11/h11,16H,3-9H2,1-2H3,(H,15,18). The quantitative estimate of drug-likeness (QED) is 0.707. The molecule has 2 N–H and O–H groups in total. The van der Waals surface area contributed by atoms with E-state index in [1.54, 1.807) is 0 Å². The van der Waals surface area contributed by atoms with Crippen molar-refractivity contribution >= 4 is 27.3 Å². The van der Waals surface area contributed by atoms with E-state index in [9.17, 15) is 13.2 Å². The average molecular weight is 361 g/mol. The maximum atomic E-state index is 12.2. The lowest BCUT2D eigenvalue weighted by atomic mass is 10.0. The fourth-order valence-corrected chi connectivity index (χ4v) is 3.98. The molecular weight excluding hydrogens is 338 g/mol. The van der Waals surface area contributed by atoms with Crippen molar-refractivity contribution in [2.24, 2.45) is 0 Å². The number of sulfonamides is 1. The third-order valence-electron chi connectivity index (χ3n) is 3.53. The lowest BCUT2D eigenvalue weighted by molar-refractivity contribution is 0.0803. The van der Waals surface area contributed by atoms with Crippen LogP contribution in [0.15, 0.2) is 0 Å². The number of aromatic nitrogens is 1. The molecule has 1 aliphatic rings. The Balaban J connectivity index is 1.83. The smallest absolute Gasteiger partial charge is 0.263 e. The molecule has 0 spiro atoms. The number of nitrogens with zero attached hydrogens (tertiary/aromatic N) is 1. The molecule has 1 unspecified atom stereocenters. The third-order valence-corrected chi connectivity index (χ3v) is 5.58. The fourth-order valence-electron chi connectivity index (χ4n) is 2.37. The molecule has 23 heavy (non-hydrogen) atoms. The van der Waals surface area contributed by atoms with Crippen molar-refractivity contribution in [1.82, 2.24) is 15.0 Å². The summed E-state index contributed by atoms with van der Waals surface area (Å²) in [4.78, 5) is 17.4. The molecule has 1 fully saturated rings. The topological polar surface area (TPSA) is 97.4 Å². The SMILES string of the molecule is Cc1nc(C2CCCOC2)sc1C(=O)NCCCNS(C)(=O)=O. The Hall–Kier alpha value is -1.03. The number of ether oxygens (including phenoxy) is 1. The van der Waals surface area contributed by atoms with Crippen molar-refractivity contribution in [2.75, 3.05) is 32.6 Å². The number of carbonyl (C=O) groups excluding carboxylic acids is 1. The van der Waals surface area contributed by atoms with Crippen molar-refractivity contribution in [2.45, 2.75) is 32.1 Å². The molecule has 1 aromatic rings. The van der Waals surface area contributed by atoms with Crippen molar-refractivity contribution in [3.8, 4) is 0 Å². The maximum Gasteiger partial charge on any atom is 0.263 e. The Bertz CT molecular complexity index is 636. The summed E-state index contributed by atoms with van der Waals surface area (Å²) in [5.41, 5.74) is 0.738. The van der Waals surface area contributed by atoms with Crippen LogP contribution in [0.1, 0.15) is 45.6 Å². The van der Waals surface area contributed by atoms with Gasteiger partial charge in [0.1, 0.15) is 4.88 Å². The Morgan fingerprint density at radius 1 is 1.43 bits per heavy atom. The highest BCUT2D eigenvalue weighted by Gasteiger charge is 2.23. The number of thiazole rings is 1. The molecule has 7 nitrogen and oxygen atoms in total. The van der Waals surface area contributed by atoms with E-state index in [0.29, 0.717) is 31.0 Å². The van der Waals surface area contributed by atoms with Crippen LogP contribution >= 0.6 is 11.3 Å². The first-order chi connectivity index (χ1) is 10.9. The molecule has 0 aliphatic carbocycles. The first-order valence-electron chi connectivity index (χ1n) is 7.64. The summed E-state index contributed by atoms with van der Waals surface area (Å²) in [6.07, 6.45) is 3.73. The van der Waals surface area contributed by atoms with Crippen LogP contribution in [0.2, 0.25) is 0 Å². The molecule has 9 heteroatoms. The van der Waals surface area contributed by atoms with E-state index in [0.717, 1.165) is 36.4 Å². The van der Waals surface area contributed by atoms with Gasteiger partial charge in [0.05, 0.1) is 23.6 Å². The van der Waals surface area contributed by atoms with Crippen molar-refractivity contribution in [1.29, 1.82) is 0 Å². The number of rotatable bonds is 7. The van der Waals surface area contributed by atoms with Crippen molar-refractivity contribution < 1.29 is 17.9 Å². The van der Waals surface area contributed by atoms with Gasteiger partial charge < -0.3 is 10.1 Å². The van der Waals surface area contributed by atoms with Crippen LogP contribution in [-0.2, 0) is 14.8 Å². The minimum absolute atomic E-state index is 0.151. The Morgan fingerprint density at radius 2 is 2.22 bits per heavy atom. The van der Waals surface area contributed by atoms with E-state index < -0.39 is 10.0 Å². The summed E-state index contributed by atoms with van der Waals surface area (Å²) in [5.74, 6) is 0.135. The second-order valence-corrected chi connectivity index (χ2v) is 8.52. The van der Waals surface area contributed by atoms with E-state index >= 15 is 0 Å². The fraction of sp³-hybridized carbons (Fsp3) is 0.714. The molecule has 1 saturated heterocycles. The van der Waals surface area contributed by atoms with Crippen molar-refractivity contribution in [3.05, 3.63) is 15.6 Å². The molecule has 0 bridgehead atoms. The Morgan fingerprint density at radius 3 is 2.87 bits per heavy atom. The molecule has 130 valence electrons. The summed E-state index contributed by atoms with van der Waals surface area (Å²) < 4.78 is 29.7. The number of aryl methyl sites for hydroxylation is 1. The minimum atomic E-state index is -3.18. The highest BCUT2D eigenvalue weighted by atomic mass is 32.2. The predicted molar refractivity (Wildman–Crippen MR) is 89.4 cm³/mol. The van der Waals surface area contributed by atoms with Gasteiger partial charge in [-0.3, -0.25) is 4.79 Å². The maximum absolute atomic E-state index is 12.2.